The van der Waals surface area contributed by atoms with Crippen LogP contribution in [-0.2, 0) is 6.54 Å². The Balaban J connectivity index is 2.31. The van der Waals surface area contributed by atoms with Crippen molar-refractivity contribution in [3.8, 4) is 0 Å². The van der Waals surface area contributed by atoms with Crippen LogP contribution in [0.5, 0.6) is 0 Å². The number of amides is 1. The zero-order chi connectivity index (χ0) is 17.1. The van der Waals surface area contributed by atoms with E-state index in [0.717, 1.165) is 0 Å². The third-order valence-corrected chi connectivity index (χ3v) is 3.89. The molecule has 0 aromatic heterocycles. The molecule has 0 heterocycles. The standard InChI is InChI=1S/C16H14ClFN2O3/c1-10-11(5-3-8-15(10)20(22)23)16(21)19(2)9-12-13(17)6-4-7-14(12)18/h3-8H,9H2,1-2H3. The van der Waals surface area contributed by atoms with Gasteiger partial charge in [-0.25, -0.2) is 4.39 Å². The summed E-state index contributed by atoms with van der Waals surface area (Å²) in [5.41, 5.74) is 0.546. The van der Waals surface area contributed by atoms with E-state index in [1.54, 1.807) is 0 Å². The van der Waals surface area contributed by atoms with Crippen LogP contribution in [-0.4, -0.2) is 22.8 Å². The highest BCUT2D eigenvalue weighted by Gasteiger charge is 2.21. The largest absolute Gasteiger partial charge is 0.337 e. The molecular formula is C16H14ClFN2O3. The van der Waals surface area contributed by atoms with Crippen LogP contribution in [0.25, 0.3) is 0 Å². The molecule has 0 aliphatic rings. The predicted octanol–water partition coefficient (Wildman–Crippen LogP) is 3.97. The average molecular weight is 337 g/mol. The molecule has 23 heavy (non-hydrogen) atoms. The van der Waals surface area contributed by atoms with Crippen molar-refractivity contribution in [2.75, 3.05) is 7.05 Å². The lowest BCUT2D eigenvalue weighted by molar-refractivity contribution is -0.385. The molecule has 0 aliphatic carbocycles. The second kappa shape index (κ2) is 6.75. The van der Waals surface area contributed by atoms with E-state index in [-0.39, 0.29) is 33.9 Å². The Morgan fingerprint density at radius 1 is 1.30 bits per heavy atom. The fourth-order valence-electron chi connectivity index (χ4n) is 2.25. The minimum atomic E-state index is -0.542. The van der Waals surface area contributed by atoms with E-state index in [4.69, 9.17) is 11.6 Å². The first-order chi connectivity index (χ1) is 10.8. The summed E-state index contributed by atoms with van der Waals surface area (Å²) in [4.78, 5) is 24.2. The molecule has 0 atom stereocenters. The monoisotopic (exact) mass is 336 g/mol. The summed E-state index contributed by atoms with van der Waals surface area (Å²) in [6.45, 7) is 1.47. The Bertz CT molecular complexity index is 760. The molecule has 0 aliphatic heterocycles. The molecule has 2 aromatic carbocycles. The van der Waals surface area contributed by atoms with E-state index in [2.05, 4.69) is 0 Å². The number of carbonyl (C=O) groups excluding carboxylic acids is 1. The van der Waals surface area contributed by atoms with Crippen LogP contribution in [0.2, 0.25) is 5.02 Å². The number of benzene rings is 2. The van der Waals surface area contributed by atoms with Crippen LogP contribution >= 0.6 is 11.6 Å². The Morgan fingerprint density at radius 2 is 1.96 bits per heavy atom. The van der Waals surface area contributed by atoms with Crippen LogP contribution in [0, 0.1) is 22.9 Å². The first-order valence-corrected chi connectivity index (χ1v) is 7.13. The smallest absolute Gasteiger partial charge is 0.273 e. The third kappa shape index (κ3) is 3.48. The number of halogens is 2. The number of hydrogen-bond acceptors (Lipinski definition) is 3. The summed E-state index contributed by atoms with van der Waals surface area (Å²) in [7, 11) is 1.49. The van der Waals surface area contributed by atoms with Crippen LogP contribution < -0.4 is 0 Å². The van der Waals surface area contributed by atoms with Crippen LogP contribution in [0.3, 0.4) is 0 Å². The molecule has 0 saturated carbocycles. The van der Waals surface area contributed by atoms with E-state index < -0.39 is 16.6 Å². The maximum absolute atomic E-state index is 13.8. The van der Waals surface area contributed by atoms with Crippen molar-refractivity contribution in [2.45, 2.75) is 13.5 Å². The molecule has 0 fully saturated rings. The van der Waals surface area contributed by atoms with E-state index >= 15 is 0 Å². The van der Waals surface area contributed by atoms with Gasteiger partial charge in [0.05, 0.1) is 4.92 Å². The van der Waals surface area contributed by atoms with Gasteiger partial charge in [0.15, 0.2) is 0 Å². The zero-order valence-corrected chi connectivity index (χ0v) is 13.3. The molecule has 0 bridgehead atoms. The van der Waals surface area contributed by atoms with Gasteiger partial charge in [0, 0.05) is 41.4 Å². The summed E-state index contributed by atoms with van der Waals surface area (Å²) in [6, 6.07) is 8.56. The van der Waals surface area contributed by atoms with E-state index in [0.29, 0.717) is 0 Å². The van der Waals surface area contributed by atoms with Crippen molar-refractivity contribution in [1.82, 2.24) is 4.90 Å². The maximum Gasteiger partial charge on any atom is 0.273 e. The second-order valence-electron chi connectivity index (χ2n) is 5.07. The number of nitro benzene ring substituents is 1. The number of hydrogen-bond donors (Lipinski definition) is 0. The molecule has 120 valence electrons. The quantitative estimate of drug-likeness (QED) is 0.627. The Kier molecular flexibility index (Phi) is 4.95. The van der Waals surface area contributed by atoms with Gasteiger partial charge in [-0.3, -0.25) is 14.9 Å². The Hall–Kier alpha value is -2.47. The lowest BCUT2D eigenvalue weighted by Gasteiger charge is -2.19. The van der Waals surface area contributed by atoms with Gasteiger partial charge in [-0.2, -0.15) is 0 Å². The number of nitro groups is 1. The van der Waals surface area contributed by atoms with Crippen LogP contribution in [0.15, 0.2) is 36.4 Å². The van der Waals surface area contributed by atoms with Crippen molar-refractivity contribution in [2.24, 2.45) is 0 Å². The Morgan fingerprint density at radius 3 is 2.57 bits per heavy atom. The molecule has 0 saturated heterocycles. The summed E-state index contributed by atoms with van der Waals surface area (Å²) in [6.07, 6.45) is 0. The highest BCUT2D eigenvalue weighted by molar-refractivity contribution is 6.31. The molecule has 0 spiro atoms. The van der Waals surface area contributed by atoms with Crippen molar-refractivity contribution in [3.63, 3.8) is 0 Å². The predicted molar refractivity (Wildman–Crippen MR) is 85.0 cm³/mol. The van der Waals surface area contributed by atoms with E-state index in [9.17, 15) is 19.3 Å². The number of carbonyl (C=O) groups is 1. The fraction of sp³-hybridized carbons (Fsp3) is 0.188. The third-order valence-electron chi connectivity index (χ3n) is 3.54. The van der Waals surface area contributed by atoms with Crippen molar-refractivity contribution < 1.29 is 14.1 Å². The number of nitrogens with zero attached hydrogens (tertiary/aromatic N) is 2. The lowest BCUT2D eigenvalue weighted by Crippen LogP contribution is -2.27. The zero-order valence-electron chi connectivity index (χ0n) is 12.5. The van der Waals surface area contributed by atoms with Gasteiger partial charge in [-0.15, -0.1) is 0 Å². The Labute approximate surface area is 137 Å². The second-order valence-corrected chi connectivity index (χ2v) is 5.48. The highest BCUT2D eigenvalue weighted by atomic mass is 35.5. The number of rotatable bonds is 4. The first-order valence-electron chi connectivity index (χ1n) is 6.75. The first kappa shape index (κ1) is 16.9. The molecule has 0 unspecified atom stereocenters. The van der Waals surface area contributed by atoms with Crippen LogP contribution in [0.1, 0.15) is 21.5 Å². The maximum atomic E-state index is 13.8. The van der Waals surface area contributed by atoms with E-state index in [1.807, 2.05) is 0 Å². The SMILES string of the molecule is Cc1c(C(=O)N(C)Cc2c(F)cccc2Cl)cccc1[N+](=O)[O-]. The summed E-state index contributed by atoms with van der Waals surface area (Å²) in [5.74, 6) is -0.946. The molecule has 0 N–H and O–H groups in total. The molecule has 2 rings (SSSR count). The highest BCUT2D eigenvalue weighted by Crippen LogP contribution is 2.24. The normalized spacial score (nSPS) is 10.4. The lowest BCUT2D eigenvalue weighted by atomic mass is 10.1. The average Bonchev–Trinajstić information content (AvgIpc) is 2.50. The van der Waals surface area contributed by atoms with Gasteiger partial charge in [0.25, 0.3) is 11.6 Å². The van der Waals surface area contributed by atoms with Gasteiger partial charge in [-0.1, -0.05) is 23.7 Å². The molecule has 5 nitrogen and oxygen atoms in total. The molecule has 0 radical (unpaired) electrons. The van der Waals surface area contributed by atoms with Gasteiger partial charge in [0.1, 0.15) is 5.82 Å². The van der Waals surface area contributed by atoms with Gasteiger partial charge < -0.3 is 4.90 Å². The summed E-state index contributed by atoms with van der Waals surface area (Å²) >= 11 is 5.96. The molecule has 7 heteroatoms. The van der Waals surface area contributed by atoms with Crippen LogP contribution in [0.4, 0.5) is 10.1 Å². The fourth-order valence-corrected chi connectivity index (χ4v) is 2.47. The van der Waals surface area contributed by atoms with Crippen molar-refractivity contribution >= 4 is 23.2 Å². The van der Waals surface area contributed by atoms with Crippen molar-refractivity contribution in [3.05, 3.63) is 74.0 Å². The minimum absolute atomic E-state index is 0.0352. The van der Waals surface area contributed by atoms with Gasteiger partial charge in [-0.05, 0) is 25.1 Å². The molecule has 1 amide bonds. The van der Waals surface area contributed by atoms with E-state index in [1.165, 1.54) is 55.3 Å². The topological polar surface area (TPSA) is 63.5 Å². The molecule has 2 aromatic rings. The van der Waals surface area contributed by atoms with Crippen molar-refractivity contribution in [1.29, 1.82) is 0 Å². The van der Waals surface area contributed by atoms with Gasteiger partial charge >= 0.3 is 0 Å². The summed E-state index contributed by atoms with van der Waals surface area (Å²) in [5, 5.41) is 11.2. The van der Waals surface area contributed by atoms with Gasteiger partial charge in [0.2, 0.25) is 0 Å². The summed E-state index contributed by atoms with van der Waals surface area (Å²) < 4.78 is 13.8. The molecular weight excluding hydrogens is 323 g/mol. The minimum Gasteiger partial charge on any atom is -0.337 e.